The Morgan fingerprint density at radius 2 is 1.67 bits per heavy atom. The quantitative estimate of drug-likeness (QED) is 0.458. The van der Waals surface area contributed by atoms with Crippen molar-refractivity contribution in [3.05, 3.63) is 81.8 Å². The zero-order chi connectivity index (χ0) is 24.2. The Kier molecular flexibility index (Phi) is 7.86. The van der Waals surface area contributed by atoms with E-state index in [-0.39, 0.29) is 17.4 Å². The maximum Gasteiger partial charge on any atom is 0.255 e. The van der Waals surface area contributed by atoms with Gasteiger partial charge in [0, 0.05) is 24.7 Å². The first kappa shape index (κ1) is 24.9. The topological polar surface area (TPSA) is 84.9 Å². The number of ether oxygens (including phenoxy) is 2. The number of carbonyl (C=O) groups excluding carboxylic acids is 1. The number of methoxy groups -OCH3 is 1. The summed E-state index contributed by atoms with van der Waals surface area (Å²) in [7, 11) is 0.934. The highest BCUT2D eigenvalue weighted by atomic mass is 35.5. The van der Waals surface area contributed by atoms with E-state index >= 15 is 0 Å². The first-order chi connectivity index (χ1) is 15.6. The fourth-order valence-corrected chi connectivity index (χ4v) is 4.08. The minimum absolute atomic E-state index is 0.183. The lowest BCUT2D eigenvalue weighted by Gasteiger charge is -2.14. The number of carbonyl (C=O) groups is 1. The normalized spacial score (nSPS) is 11.3. The lowest BCUT2D eigenvalue weighted by molar-refractivity contribution is 0.102. The van der Waals surface area contributed by atoms with Gasteiger partial charge in [0.15, 0.2) is 11.5 Å². The van der Waals surface area contributed by atoms with Crippen molar-refractivity contribution in [2.45, 2.75) is 11.5 Å². The highest BCUT2D eigenvalue weighted by Crippen LogP contribution is 2.30. The highest BCUT2D eigenvalue weighted by Gasteiger charge is 2.17. The molecule has 0 radical (unpaired) electrons. The third kappa shape index (κ3) is 5.97. The fraction of sp³-hybridized carbons (Fsp3) is 0.174. The minimum Gasteiger partial charge on any atom is -0.493 e. The second kappa shape index (κ2) is 10.4. The van der Waals surface area contributed by atoms with Gasteiger partial charge in [-0.1, -0.05) is 35.3 Å². The fourth-order valence-electron chi connectivity index (χ4n) is 2.85. The van der Waals surface area contributed by atoms with Crippen LogP contribution in [0, 0.1) is 0 Å². The first-order valence-electron chi connectivity index (χ1n) is 9.70. The average Bonchev–Trinajstić information content (AvgIpc) is 2.80. The number of benzene rings is 3. The number of sulfonamides is 1. The number of rotatable bonds is 8. The molecule has 1 N–H and O–H groups in total. The summed E-state index contributed by atoms with van der Waals surface area (Å²) >= 11 is 12.1. The molecule has 3 rings (SSSR count). The molecule has 0 aromatic heterocycles. The maximum atomic E-state index is 12.6. The van der Waals surface area contributed by atoms with Crippen LogP contribution in [0.5, 0.6) is 11.5 Å². The van der Waals surface area contributed by atoms with Crippen LogP contribution in [0.4, 0.5) is 5.69 Å². The minimum atomic E-state index is -3.49. The number of hydrogen-bond donors (Lipinski definition) is 1. The van der Waals surface area contributed by atoms with Gasteiger partial charge in [-0.25, -0.2) is 12.7 Å². The molecule has 1 amide bonds. The summed E-state index contributed by atoms with van der Waals surface area (Å²) in [6, 6.07) is 16.0. The van der Waals surface area contributed by atoms with Crippen LogP contribution in [0.25, 0.3) is 0 Å². The van der Waals surface area contributed by atoms with Gasteiger partial charge in [-0.15, -0.1) is 0 Å². The van der Waals surface area contributed by atoms with E-state index in [1.165, 1.54) is 33.3 Å². The Hall–Kier alpha value is -2.78. The molecule has 174 valence electrons. The van der Waals surface area contributed by atoms with Crippen molar-refractivity contribution in [1.82, 2.24) is 4.31 Å². The Balaban J connectivity index is 1.71. The molecule has 0 saturated carbocycles. The third-order valence-electron chi connectivity index (χ3n) is 4.70. The Bertz CT molecular complexity index is 1260. The van der Waals surface area contributed by atoms with Crippen LogP contribution in [0.3, 0.4) is 0 Å². The van der Waals surface area contributed by atoms with Crippen molar-refractivity contribution in [3.8, 4) is 11.5 Å². The summed E-state index contributed by atoms with van der Waals surface area (Å²) in [5.41, 5.74) is 1.51. The van der Waals surface area contributed by atoms with Crippen LogP contribution >= 0.6 is 23.2 Å². The lowest BCUT2D eigenvalue weighted by Crippen LogP contribution is -2.22. The standard InChI is InChI=1S/C23H22Cl2N2O5S/c1-27(2)33(29,30)18-8-4-15(5-9-18)14-32-21-11-6-16(12-22(21)31-3)23(28)26-20-13-17(24)7-10-19(20)25/h4-13H,14H2,1-3H3,(H,26,28). The van der Waals surface area contributed by atoms with Gasteiger partial charge in [0.2, 0.25) is 10.0 Å². The summed E-state index contributed by atoms with van der Waals surface area (Å²) in [4.78, 5) is 12.8. The molecule has 0 fully saturated rings. The van der Waals surface area contributed by atoms with Crippen LogP contribution < -0.4 is 14.8 Å². The van der Waals surface area contributed by atoms with Gasteiger partial charge in [-0.05, 0) is 54.1 Å². The van der Waals surface area contributed by atoms with Gasteiger partial charge < -0.3 is 14.8 Å². The number of amides is 1. The van der Waals surface area contributed by atoms with Gasteiger partial charge in [0.05, 0.1) is 22.7 Å². The van der Waals surface area contributed by atoms with E-state index in [9.17, 15) is 13.2 Å². The first-order valence-corrected chi connectivity index (χ1v) is 11.9. The zero-order valence-corrected chi connectivity index (χ0v) is 20.5. The Morgan fingerprint density at radius 1 is 0.970 bits per heavy atom. The van der Waals surface area contributed by atoms with Crippen LogP contribution in [0.2, 0.25) is 10.0 Å². The molecule has 0 heterocycles. The molecule has 0 spiro atoms. The summed E-state index contributed by atoms with van der Waals surface area (Å²) in [5.74, 6) is 0.410. The second-order valence-electron chi connectivity index (χ2n) is 7.16. The molecule has 0 aliphatic carbocycles. The van der Waals surface area contributed by atoms with Gasteiger partial charge >= 0.3 is 0 Å². The molecule has 7 nitrogen and oxygen atoms in total. The molecule has 0 aliphatic rings. The zero-order valence-electron chi connectivity index (χ0n) is 18.1. The van der Waals surface area contributed by atoms with E-state index in [1.54, 1.807) is 48.5 Å². The van der Waals surface area contributed by atoms with E-state index in [2.05, 4.69) is 5.32 Å². The number of nitrogens with one attached hydrogen (secondary N) is 1. The Labute approximate surface area is 202 Å². The number of anilines is 1. The molecule has 0 aliphatic heterocycles. The highest BCUT2D eigenvalue weighted by molar-refractivity contribution is 7.89. The van der Waals surface area contributed by atoms with E-state index in [1.807, 2.05) is 0 Å². The van der Waals surface area contributed by atoms with E-state index in [0.29, 0.717) is 32.8 Å². The van der Waals surface area contributed by atoms with Crippen molar-refractivity contribution in [3.63, 3.8) is 0 Å². The molecule has 10 heteroatoms. The van der Waals surface area contributed by atoms with E-state index in [4.69, 9.17) is 32.7 Å². The van der Waals surface area contributed by atoms with Crippen molar-refractivity contribution in [2.24, 2.45) is 0 Å². The Morgan fingerprint density at radius 3 is 2.30 bits per heavy atom. The van der Waals surface area contributed by atoms with Gasteiger partial charge in [-0.2, -0.15) is 0 Å². The van der Waals surface area contributed by atoms with E-state index < -0.39 is 10.0 Å². The van der Waals surface area contributed by atoms with Crippen molar-refractivity contribution < 1.29 is 22.7 Å². The molecular weight excluding hydrogens is 487 g/mol. The molecule has 0 atom stereocenters. The molecule has 0 saturated heterocycles. The number of nitrogens with zero attached hydrogens (tertiary/aromatic N) is 1. The van der Waals surface area contributed by atoms with Crippen molar-refractivity contribution in [2.75, 3.05) is 26.5 Å². The smallest absolute Gasteiger partial charge is 0.255 e. The SMILES string of the molecule is COc1cc(C(=O)Nc2cc(Cl)ccc2Cl)ccc1OCc1ccc(S(=O)(=O)N(C)C)cc1. The molecule has 3 aromatic rings. The molecular formula is C23H22Cl2N2O5S. The van der Waals surface area contributed by atoms with Crippen LogP contribution in [0.15, 0.2) is 65.6 Å². The third-order valence-corrected chi connectivity index (χ3v) is 7.09. The average molecular weight is 509 g/mol. The molecule has 3 aromatic carbocycles. The lowest BCUT2D eigenvalue weighted by atomic mass is 10.1. The summed E-state index contributed by atoms with van der Waals surface area (Å²) in [6.45, 7) is 0.183. The monoisotopic (exact) mass is 508 g/mol. The summed E-state index contributed by atoms with van der Waals surface area (Å²) in [5, 5.41) is 3.53. The van der Waals surface area contributed by atoms with Gasteiger partial charge in [-0.3, -0.25) is 4.79 Å². The van der Waals surface area contributed by atoms with Crippen LogP contribution in [0.1, 0.15) is 15.9 Å². The van der Waals surface area contributed by atoms with Gasteiger partial charge in [0.25, 0.3) is 5.91 Å². The molecule has 0 bridgehead atoms. The van der Waals surface area contributed by atoms with Crippen LogP contribution in [-0.4, -0.2) is 39.8 Å². The largest absolute Gasteiger partial charge is 0.493 e. The number of hydrogen-bond acceptors (Lipinski definition) is 5. The molecule has 0 unspecified atom stereocenters. The molecule has 33 heavy (non-hydrogen) atoms. The van der Waals surface area contributed by atoms with Crippen molar-refractivity contribution >= 4 is 44.8 Å². The summed E-state index contributed by atoms with van der Waals surface area (Å²) in [6.07, 6.45) is 0. The second-order valence-corrected chi connectivity index (χ2v) is 10.2. The van der Waals surface area contributed by atoms with Gasteiger partial charge in [0.1, 0.15) is 6.61 Å². The summed E-state index contributed by atoms with van der Waals surface area (Å²) < 4.78 is 36.7. The maximum absolute atomic E-state index is 12.6. The van der Waals surface area contributed by atoms with E-state index in [0.717, 1.165) is 9.87 Å². The van der Waals surface area contributed by atoms with Crippen LogP contribution in [-0.2, 0) is 16.6 Å². The predicted molar refractivity (Wildman–Crippen MR) is 129 cm³/mol. The predicted octanol–water partition coefficient (Wildman–Crippen LogP) is 5.08. The van der Waals surface area contributed by atoms with Crippen molar-refractivity contribution in [1.29, 1.82) is 0 Å². The number of halogens is 2.